The Morgan fingerprint density at radius 3 is 2.38 bits per heavy atom. The van der Waals surface area contributed by atoms with Gasteiger partial charge in [0.05, 0.1) is 4.47 Å². The molecule has 0 aliphatic heterocycles. The monoisotopic (exact) mass is 280 g/mol. The van der Waals surface area contributed by atoms with Crippen molar-refractivity contribution < 1.29 is 9.13 Å². The SMILES string of the molecule is Cc1ccc(Oc2ccc(F)cc2Br)cc1. The fourth-order valence-corrected chi connectivity index (χ4v) is 1.72. The third-order valence-corrected chi connectivity index (χ3v) is 2.76. The van der Waals surface area contributed by atoms with E-state index < -0.39 is 0 Å². The van der Waals surface area contributed by atoms with Crippen LogP contribution >= 0.6 is 15.9 Å². The van der Waals surface area contributed by atoms with Crippen LogP contribution in [-0.4, -0.2) is 0 Å². The van der Waals surface area contributed by atoms with E-state index in [1.54, 1.807) is 6.07 Å². The highest BCUT2D eigenvalue weighted by Crippen LogP contribution is 2.30. The van der Waals surface area contributed by atoms with E-state index in [-0.39, 0.29) is 5.82 Å². The highest BCUT2D eigenvalue weighted by atomic mass is 79.9. The molecule has 3 heteroatoms. The van der Waals surface area contributed by atoms with Crippen molar-refractivity contribution in [3.05, 3.63) is 58.3 Å². The maximum atomic E-state index is 12.9. The summed E-state index contributed by atoms with van der Waals surface area (Å²) in [5.41, 5.74) is 1.17. The predicted molar refractivity (Wildman–Crippen MR) is 65.4 cm³/mol. The van der Waals surface area contributed by atoms with E-state index >= 15 is 0 Å². The Kier molecular flexibility index (Phi) is 3.25. The van der Waals surface area contributed by atoms with Crippen LogP contribution in [0.25, 0.3) is 0 Å². The molecule has 0 bridgehead atoms. The van der Waals surface area contributed by atoms with Gasteiger partial charge in [0, 0.05) is 0 Å². The van der Waals surface area contributed by atoms with Crippen LogP contribution in [0.4, 0.5) is 4.39 Å². The van der Waals surface area contributed by atoms with Gasteiger partial charge in [-0.3, -0.25) is 0 Å². The molecule has 2 aromatic carbocycles. The topological polar surface area (TPSA) is 9.23 Å². The molecule has 0 aromatic heterocycles. The van der Waals surface area contributed by atoms with Crippen molar-refractivity contribution in [2.24, 2.45) is 0 Å². The van der Waals surface area contributed by atoms with Gasteiger partial charge >= 0.3 is 0 Å². The summed E-state index contributed by atoms with van der Waals surface area (Å²) in [6.45, 7) is 2.01. The highest BCUT2D eigenvalue weighted by Gasteiger charge is 2.03. The lowest BCUT2D eigenvalue weighted by molar-refractivity contribution is 0.477. The van der Waals surface area contributed by atoms with E-state index in [1.807, 2.05) is 31.2 Å². The summed E-state index contributed by atoms with van der Waals surface area (Å²) < 4.78 is 19.1. The van der Waals surface area contributed by atoms with Crippen LogP contribution in [0.2, 0.25) is 0 Å². The third-order valence-electron chi connectivity index (χ3n) is 2.14. The molecule has 0 saturated carbocycles. The average Bonchev–Trinajstić information content (AvgIpc) is 2.25. The Balaban J connectivity index is 2.23. The van der Waals surface area contributed by atoms with E-state index in [1.165, 1.54) is 17.7 Å². The minimum absolute atomic E-state index is 0.289. The lowest BCUT2D eigenvalue weighted by Gasteiger charge is -2.07. The van der Waals surface area contributed by atoms with E-state index in [4.69, 9.17) is 4.74 Å². The van der Waals surface area contributed by atoms with Gasteiger partial charge in [0.25, 0.3) is 0 Å². The predicted octanol–water partition coefficient (Wildman–Crippen LogP) is 4.69. The van der Waals surface area contributed by atoms with Crippen molar-refractivity contribution in [1.82, 2.24) is 0 Å². The van der Waals surface area contributed by atoms with Crippen molar-refractivity contribution in [2.75, 3.05) is 0 Å². The van der Waals surface area contributed by atoms with E-state index in [9.17, 15) is 4.39 Å². The first-order chi connectivity index (χ1) is 7.65. The summed E-state index contributed by atoms with van der Waals surface area (Å²) in [7, 11) is 0. The molecule has 0 aliphatic rings. The van der Waals surface area contributed by atoms with Gasteiger partial charge in [-0.1, -0.05) is 17.7 Å². The molecule has 82 valence electrons. The zero-order valence-corrected chi connectivity index (χ0v) is 10.3. The summed E-state index contributed by atoms with van der Waals surface area (Å²) in [4.78, 5) is 0. The number of halogens is 2. The Labute approximate surface area is 102 Å². The van der Waals surface area contributed by atoms with Gasteiger partial charge in [-0.05, 0) is 53.2 Å². The Bertz CT molecular complexity index is 494. The van der Waals surface area contributed by atoms with Crippen LogP contribution in [-0.2, 0) is 0 Å². The Morgan fingerprint density at radius 1 is 1.06 bits per heavy atom. The number of benzene rings is 2. The van der Waals surface area contributed by atoms with Crippen molar-refractivity contribution in [3.63, 3.8) is 0 Å². The standard InChI is InChI=1S/C13H10BrFO/c1-9-2-5-11(6-3-9)16-13-7-4-10(15)8-12(13)14/h2-8H,1H3. The molecule has 0 heterocycles. The summed E-state index contributed by atoms with van der Waals surface area (Å²) in [6.07, 6.45) is 0. The summed E-state index contributed by atoms with van der Waals surface area (Å²) >= 11 is 3.25. The zero-order valence-electron chi connectivity index (χ0n) is 8.71. The van der Waals surface area contributed by atoms with E-state index in [2.05, 4.69) is 15.9 Å². The fraction of sp³-hybridized carbons (Fsp3) is 0.0769. The fourth-order valence-electron chi connectivity index (χ4n) is 1.29. The van der Waals surface area contributed by atoms with Crippen LogP contribution in [0, 0.1) is 12.7 Å². The molecule has 0 atom stereocenters. The maximum Gasteiger partial charge on any atom is 0.141 e. The minimum Gasteiger partial charge on any atom is -0.456 e. The van der Waals surface area contributed by atoms with Gasteiger partial charge in [-0.2, -0.15) is 0 Å². The smallest absolute Gasteiger partial charge is 0.141 e. The molecular weight excluding hydrogens is 271 g/mol. The first kappa shape index (κ1) is 11.1. The van der Waals surface area contributed by atoms with Crippen molar-refractivity contribution in [2.45, 2.75) is 6.92 Å². The van der Waals surface area contributed by atoms with Crippen LogP contribution in [0.5, 0.6) is 11.5 Å². The molecular formula is C13H10BrFO. The van der Waals surface area contributed by atoms with Crippen LogP contribution in [0.15, 0.2) is 46.9 Å². The molecule has 0 N–H and O–H groups in total. The second-order valence-electron chi connectivity index (χ2n) is 3.49. The summed E-state index contributed by atoms with van der Waals surface area (Å²) in [5, 5.41) is 0. The van der Waals surface area contributed by atoms with Crippen molar-refractivity contribution in [1.29, 1.82) is 0 Å². The molecule has 0 fully saturated rings. The van der Waals surface area contributed by atoms with Gasteiger partial charge in [0.2, 0.25) is 0 Å². The summed E-state index contributed by atoms with van der Waals surface area (Å²) in [5.74, 6) is 1.05. The van der Waals surface area contributed by atoms with Crippen LogP contribution < -0.4 is 4.74 Å². The first-order valence-electron chi connectivity index (χ1n) is 4.85. The first-order valence-corrected chi connectivity index (χ1v) is 5.64. The molecule has 0 aliphatic carbocycles. The van der Waals surface area contributed by atoms with E-state index in [0.29, 0.717) is 10.2 Å². The van der Waals surface area contributed by atoms with Gasteiger partial charge in [0.15, 0.2) is 0 Å². The molecule has 0 saturated heterocycles. The normalized spacial score (nSPS) is 10.2. The average molecular weight is 281 g/mol. The molecule has 2 aromatic rings. The highest BCUT2D eigenvalue weighted by molar-refractivity contribution is 9.10. The molecule has 16 heavy (non-hydrogen) atoms. The number of rotatable bonds is 2. The Morgan fingerprint density at radius 2 is 1.75 bits per heavy atom. The molecule has 2 rings (SSSR count). The number of hydrogen-bond donors (Lipinski definition) is 0. The summed E-state index contributed by atoms with van der Waals surface area (Å²) in [6, 6.07) is 12.0. The van der Waals surface area contributed by atoms with Crippen molar-refractivity contribution in [3.8, 4) is 11.5 Å². The number of ether oxygens (including phenoxy) is 1. The van der Waals surface area contributed by atoms with Gasteiger partial charge < -0.3 is 4.74 Å². The second-order valence-corrected chi connectivity index (χ2v) is 4.34. The second kappa shape index (κ2) is 4.66. The molecule has 0 radical (unpaired) electrons. The largest absolute Gasteiger partial charge is 0.456 e. The number of aryl methyl sites for hydroxylation is 1. The third kappa shape index (κ3) is 2.61. The minimum atomic E-state index is -0.289. The molecule has 0 amide bonds. The lowest BCUT2D eigenvalue weighted by Crippen LogP contribution is -1.86. The van der Waals surface area contributed by atoms with E-state index in [0.717, 1.165) is 5.75 Å². The van der Waals surface area contributed by atoms with Crippen molar-refractivity contribution >= 4 is 15.9 Å². The molecule has 0 spiro atoms. The van der Waals surface area contributed by atoms with Crippen LogP contribution in [0.3, 0.4) is 0 Å². The van der Waals surface area contributed by atoms with Gasteiger partial charge in [-0.25, -0.2) is 4.39 Å². The zero-order chi connectivity index (χ0) is 11.5. The molecule has 0 unspecified atom stereocenters. The van der Waals surface area contributed by atoms with Crippen LogP contribution in [0.1, 0.15) is 5.56 Å². The Hall–Kier alpha value is -1.35. The van der Waals surface area contributed by atoms with Gasteiger partial charge in [0.1, 0.15) is 17.3 Å². The lowest BCUT2D eigenvalue weighted by atomic mass is 10.2. The number of hydrogen-bond acceptors (Lipinski definition) is 1. The molecule has 1 nitrogen and oxygen atoms in total. The van der Waals surface area contributed by atoms with Gasteiger partial charge in [-0.15, -0.1) is 0 Å². The quantitative estimate of drug-likeness (QED) is 0.776. The maximum absolute atomic E-state index is 12.9.